The summed E-state index contributed by atoms with van der Waals surface area (Å²) < 4.78 is 5.48. The molecule has 2 aromatic carbocycles. The van der Waals surface area contributed by atoms with E-state index in [2.05, 4.69) is 17.6 Å². The van der Waals surface area contributed by atoms with Gasteiger partial charge in [0.05, 0.1) is 0 Å². The zero-order valence-electron chi connectivity index (χ0n) is 25.3. The van der Waals surface area contributed by atoms with E-state index >= 15 is 0 Å². The normalized spacial score (nSPS) is 12.9. The molecule has 0 aromatic heterocycles. The van der Waals surface area contributed by atoms with Crippen LogP contribution in [0.15, 0.2) is 42.5 Å². The maximum Gasteiger partial charge on any atom is 0.408 e. The summed E-state index contributed by atoms with van der Waals surface area (Å²) >= 11 is 0. The standard InChI is InChI=1S/C32H47N3O5/c1-9-10-11-18-33-29(37)28(26-17-12-22(4)19-23(26)5)35(21(2)3)30(38)27(34-31(39)40-32(6,7)8)20-24-13-15-25(36)16-14-24/h12-17,19,21,27-28,36H,9-11,18,20H2,1-8H3,(H,33,37)(H,34,39). The summed E-state index contributed by atoms with van der Waals surface area (Å²) in [6, 6.07) is 10.1. The molecule has 2 aromatic rings. The zero-order valence-corrected chi connectivity index (χ0v) is 25.3. The molecule has 0 saturated heterocycles. The first kappa shape index (κ1) is 32.7. The second-order valence-corrected chi connectivity index (χ2v) is 11.7. The molecule has 2 unspecified atom stereocenters. The van der Waals surface area contributed by atoms with Gasteiger partial charge in [-0.15, -0.1) is 0 Å². The molecule has 3 N–H and O–H groups in total. The number of alkyl carbamates (subject to hydrolysis) is 1. The van der Waals surface area contributed by atoms with E-state index in [-0.39, 0.29) is 24.1 Å². The van der Waals surface area contributed by atoms with Gasteiger partial charge in [-0.05, 0) is 83.7 Å². The van der Waals surface area contributed by atoms with Crippen molar-refractivity contribution in [2.24, 2.45) is 0 Å². The van der Waals surface area contributed by atoms with Crippen molar-refractivity contribution in [3.63, 3.8) is 0 Å². The first-order chi connectivity index (χ1) is 18.7. The van der Waals surface area contributed by atoms with Gasteiger partial charge in [-0.2, -0.15) is 0 Å². The van der Waals surface area contributed by atoms with Crippen LogP contribution in [0.4, 0.5) is 4.79 Å². The van der Waals surface area contributed by atoms with Gasteiger partial charge in [-0.1, -0.05) is 55.7 Å². The van der Waals surface area contributed by atoms with Crippen LogP contribution in [-0.2, 0) is 20.7 Å². The van der Waals surface area contributed by atoms with Crippen molar-refractivity contribution in [1.82, 2.24) is 15.5 Å². The molecular formula is C32H47N3O5. The second kappa shape index (κ2) is 14.7. The van der Waals surface area contributed by atoms with Gasteiger partial charge in [0.1, 0.15) is 23.4 Å². The number of aryl methyl sites for hydroxylation is 2. The van der Waals surface area contributed by atoms with Crippen LogP contribution < -0.4 is 10.6 Å². The van der Waals surface area contributed by atoms with Crippen LogP contribution in [0.1, 0.15) is 89.1 Å². The maximum atomic E-state index is 14.4. The Kier molecular flexibility index (Phi) is 12.0. The van der Waals surface area contributed by atoms with Crippen LogP contribution in [0.3, 0.4) is 0 Å². The molecule has 2 rings (SSSR count). The molecule has 0 aliphatic carbocycles. The molecule has 8 nitrogen and oxygen atoms in total. The Hall–Kier alpha value is -3.55. The van der Waals surface area contributed by atoms with Gasteiger partial charge in [0.15, 0.2) is 0 Å². The molecule has 40 heavy (non-hydrogen) atoms. The van der Waals surface area contributed by atoms with Gasteiger partial charge in [-0.25, -0.2) is 4.79 Å². The number of ether oxygens (including phenoxy) is 1. The summed E-state index contributed by atoms with van der Waals surface area (Å²) in [6.07, 6.45) is 2.30. The van der Waals surface area contributed by atoms with Crippen LogP contribution in [0.2, 0.25) is 0 Å². The van der Waals surface area contributed by atoms with Crippen molar-refractivity contribution in [3.8, 4) is 5.75 Å². The average molecular weight is 554 g/mol. The summed E-state index contributed by atoms with van der Waals surface area (Å²) in [7, 11) is 0. The molecule has 2 atom stereocenters. The number of unbranched alkanes of at least 4 members (excludes halogenated alkanes) is 2. The molecule has 8 heteroatoms. The Balaban J connectivity index is 2.54. The maximum absolute atomic E-state index is 14.4. The molecule has 0 bridgehead atoms. The Morgan fingerprint density at radius 1 is 1.00 bits per heavy atom. The molecular weight excluding hydrogens is 506 g/mol. The fourth-order valence-electron chi connectivity index (χ4n) is 4.61. The number of nitrogens with zero attached hydrogens (tertiary/aromatic N) is 1. The fourth-order valence-corrected chi connectivity index (χ4v) is 4.61. The number of carbonyl (C=O) groups excluding carboxylic acids is 3. The molecule has 220 valence electrons. The highest BCUT2D eigenvalue weighted by Gasteiger charge is 2.38. The van der Waals surface area contributed by atoms with Crippen LogP contribution >= 0.6 is 0 Å². The quantitative estimate of drug-likeness (QED) is 0.291. The largest absolute Gasteiger partial charge is 0.508 e. The van der Waals surface area contributed by atoms with Gasteiger partial charge >= 0.3 is 6.09 Å². The highest BCUT2D eigenvalue weighted by Crippen LogP contribution is 2.29. The Bertz CT molecular complexity index is 1140. The number of benzene rings is 2. The predicted octanol–water partition coefficient (Wildman–Crippen LogP) is 5.73. The Morgan fingerprint density at radius 3 is 2.20 bits per heavy atom. The summed E-state index contributed by atoms with van der Waals surface area (Å²) in [6.45, 7) is 15.5. The third-order valence-electron chi connectivity index (χ3n) is 6.50. The van der Waals surface area contributed by atoms with E-state index < -0.39 is 29.7 Å². The number of phenols is 1. The average Bonchev–Trinajstić information content (AvgIpc) is 2.84. The third-order valence-corrected chi connectivity index (χ3v) is 6.50. The topological polar surface area (TPSA) is 108 Å². The first-order valence-corrected chi connectivity index (χ1v) is 14.2. The zero-order chi connectivity index (χ0) is 30.0. The van der Waals surface area contributed by atoms with Crippen molar-refractivity contribution < 1.29 is 24.2 Å². The van der Waals surface area contributed by atoms with E-state index in [0.29, 0.717) is 6.54 Å². The van der Waals surface area contributed by atoms with E-state index in [4.69, 9.17) is 4.74 Å². The van der Waals surface area contributed by atoms with Crippen molar-refractivity contribution in [1.29, 1.82) is 0 Å². The SMILES string of the molecule is CCCCCNC(=O)C(c1ccc(C)cc1C)N(C(=O)C(Cc1ccc(O)cc1)NC(=O)OC(C)(C)C)C(C)C. The molecule has 0 fully saturated rings. The summed E-state index contributed by atoms with van der Waals surface area (Å²) in [4.78, 5) is 42.6. The Labute approximate surface area is 239 Å². The number of rotatable bonds is 12. The van der Waals surface area contributed by atoms with E-state index in [0.717, 1.165) is 41.5 Å². The first-order valence-electron chi connectivity index (χ1n) is 14.2. The predicted molar refractivity (Wildman–Crippen MR) is 158 cm³/mol. The van der Waals surface area contributed by atoms with Crippen molar-refractivity contribution in [3.05, 3.63) is 64.7 Å². The number of phenolic OH excluding ortho intramolecular Hbond substituents is 1. The van der Waals surface area contributed by atoms with Crippen LogP contribution in [0, 0.1) is 13.8 Å². The van der Waals surface area contributed by atoms with E-state index in [1.807, 2.05) is 45.9 Å². The lowest BCUT2D eigenvalue weighted by molar-refractivity contribution is -0.144. The summed E-state index contributed by atoms with van der Waals surface area (Å²) in [5.41, 5.74) is 2.68. The van der Waals surface area contributed by atoms with Crippen LogP contribution in [0.25, 0.3) is 0 Å². The minimum atomic E-state index is -1.01. The highest BCUT2D eigenvalue weighted by atomic mass is 16.6. The number of nitrogens with one attached hydrogen (secondary N) is 2. The minimum absolute atomic E-state index is 0.102. The summed E-state index contributed by atoms with van der Waals surface area (Å²) in [5.74, 6) is -0.557. The molecule has 0 aliphatic rings. The number of amides is 3. The minimum Gasteiger partial charge on any atom is -0.508 e. The van der Waals surface area contributed by atoms with E-state index in [1.54, 1.807) is 37.8 Å². The molecule has 0 radical (unpaired) electrons. The highest BCUT2D eigenvalue weighted by molar-refractivity contribution is 5.92. The fraction of sp³-hybridized carbons (Fsp3) is 0.531. The van der Waals surface area contributed by atoms with E-state index in [9.17, 15) is 19.5 Å². The number of hydrogen-bond donors (Lipinski definition) is 3. The van der Waals surface area contributed by atoms with E-state index in [1.165, 1.54) is 12.1 Å². The lowest BCUT2D eigenvalue weighted by Gasteiger charge is -2.38. The van der Waals surface area contributed by atoms with Gasteiger partial charge < -0.3 is 25.4 Å². The van der Waals surface area contributed by atoms with Gasteiger partial charge in [0.2, 0.25) is 11.8 Å². The second-order valence-electron chi connectivity index (χ2n) is 11.7. The molecule has 0 heterocycles. The lowest BCUT2D eigenvalue weighted by atomic mass is 9.94. The van der Waals surface area contributed by atoms with Crippen molar-refractivity contribution in [2.45, 2.75) is 105 Å². The molecule has 0 aliphatic heterocycles. The van der Waals surface area contributed by atoms with Crippen LogP contribution in [-0.4, -0.2) is 52.1 Å². The number of aromatic hydroxyl groups is 1. The van der Waals surface area contributed by atoms with Crippen molar-refractivity contribution >= 4 is 17.9 Å². The van der Waals surface area contributed by atoms with Crippen LogP contribution in [0.5, 0.6) is 5.75 Å². The van der Waals surface area contributed by atoms with Gasteiger partial charge in [0, 0.05) is 19.0 Å². The monoisotopic (exact) mass is 553 g/mol. The molecule has 3 amide bonds. The van der Waals surface area contributed by atoms with Crippen molar-refractivity contribution in [2.75, 3.05) is 6.54 Å². The third kappa shape index (κ3) is 9.88. The lowest BCUT2D eigenvalue weighted by Crippen LogP contribution is -2.55. The number of carbonyl (C=O) groups is 3. The Morgan fingerprint density at radius 2 is 1.65 bits per heavy atom. The smallest absolute Gasteiger partial charge is 0.408 e. The number of hydrogen-bond acceptors (Lipinski definition) is 5. The summed E-state index contributed by atoms with van der Waals surface area (Å²) in [5, 5.41) is 15.5. The molecule has 0 saturated carbocycles. The molecule has 0 spiro atoms. The van der Waals surface area contributed by atoms with Gasteiger partial charge in [0.25, 0.3) is 0 Å². The van der Waals surface area contributed by atoms with Gasteiger partial charge in [-0.3, -0.25) is 9.59 Å².